The van der Waals surface area contributed by atoms with Crippen LogP contribution in [0.15, 0.2) is 18.2 Å². The molecule has 1 aromatic carbocycles. The van der Waals surface area contributed by atoms with Crippen LogP contribution in [0.2, 0.25) is 5.02 Å². The van der Waals surface area contributed by atoms with Crippen molar-refractivity contribution >= 4 is 35.1 Å². The molecule has 25 heavy (non-hydrogen) atoms. The van der Waals surface area contributed by atoms with Crippen molar-refractivity contribution in [2.45, 2.75) is 38.6 Å². The molecular formula is C18H21ClN2O4. The molecule has 6 nitrogen and oxygen atoms in total. The Hall–Kier alpha value is -2.08. The van der Waals surface area contributed by atoms with Gasteiger partial charge in [-0.3, -0.25) is 9.59 Å². The van der Waals surface area contributed by atoms with Crippen LogP contribution < -0.4 is 10.2 Å². The minimum absolute atomic E-state index is 0.0131. The highest BCUT2D eigenvalue weighted by atomic mass is 35.5. The van der Waals surface area contributed by atoms with Crippen LogP contribution >= 0.6 is 11.6 Å². The van der Waals surface area contributed by atoms with Gasteiger partial charge in [0.1, 0.15) is 0 Å². The van der Waals surface area contributed by atoms with Gasteiger partial charge in [-0.25, -0.2) is 4.79 Å². The highest BCUT2D eigenvalue weighted by molar-refractivity contribution is 6.34. The van der Waals surface area contributed by atoms with Crippen molar-refractivity contribution in [2.75, 3.05) is 18.1 Å². The minimum atomic E-state index is -0.612. The van der Waals surface area contributed by atoms with Gasteiger partial charge in [0.15, 0.2) is 6.61 Å². The molecule has 1 saturated carbocycles. The lowest BCUT2D eigenvalue weighted by molar-refractivity contribution is -0.125. The van der Waals surface area contributed by atoms with Crippen LogP contribution in [0, 0.1) is 5.92 Å². The van der Waals surface area contributed by atoms with Crippen molar-refractivity contribution in [1.29, 1.82) is 0 Å². The largest absolute Gasteiger partial charge is 0.452 e. The van der Waals surface area contributed by atoms with E-state index in [-0.39, 0.29) is 30.0 Å². The van der Waals surface area contributed by atoms with Crippen molar-refractivity contribution < 1.29 is 19.1 Å². The second-order valence-electron chi connectivity index (χ2n) is 6.58. The van der Waals surface area contributed by atoms with Crippen LogP contribution in [0.4, 0.5) is 5.69 Å². The number of ether oxygens (including phenoxy) is 1. The molecule has 1 aliphatic carbocycles. The summed E-state index contributed by atoms with van der Waals surface area (Å²) < 4.78 is 5.08. The Morgan fingerprint density at radius 1 is 1.40 bits per heavy atom. The van der Waals surface area contributed by atoms with Crippen LogP contribution in [-0.4, -0.2) is 37.0 Å². The maximum atomic E-state index is 12.2. The number of rotatable bonds is 6. The molecule has 2 aliphatic rings. The summed E-state index contributed by atoms with van der Waals surface area (Å²) in [4.78, 5) is 37.5. The van der Waals surface area contributed by atoms with E-state index in [0.29, 0.717) is 29.6 Å². The monoisotopic (exact) mass is 364 g/mol. The number of esters is 1. The molecule has 2 amide bonds. The van der Waals surface area contributed by atoms with Crippen molar-refractivity contribution in [3.8, 4) is 0 Å². The predicted molar refractivity (Wildman–Crippen MR) is 93.7 cm³/mol. The first kappa shape index (κ1) is 17.7. The molecule has 134 valence electrons. The van der Waals surface area contributed by atoms with Gasteiger partial charge in [-0.05, 0) is 50.3 Å². The van der Waals surface area contributed by atoms with Crippen molar-refractivity contribution in [1.82, 2.24) is 5.32 Å². The number of nitrogens with zero attached hydrogens (tertiary/aromatic N) is 1. The standard InChI is InChI=1S/C18H21ClN2O4/c1-11(12-4-5-12)20-16(22)10-25-18(24)13-6-7-14(19)15(9-13)21-8-2-3-17(21)23/h6-7,9,11-12H,2-5,8,10H2,1H3,(H,20,22)/t11-/m1/s1. The molecule has 7 heteroatoms. The van der Waals surface area contributed by atoms with Crippen LogP contribution in [0.1, 0.15) is 43.0 Å². The average molecular weight is 365 g/mol. The van der Waals surface area contributed by atoms with E-state index in [1.54, 1.807) is 17.0 Å². The van der Waals surface area contributed by atoms with Crippen molar-refractivity contribution in [3.63, 3.8) is 0 Å². The van der Waals surface area contributed by atoms with Gasteiger partial charge >= 0.3 is 5.97 Å². The Morgan fingerprint density at radius 3 is 2.80 bits per heavy atom. The molecular weight excluding hydrogens is 344 g/mol. The van der Waals surface area contributed by atoms with Gasteiger partial charge in [0.25, 0.3) is 5.91 Å². The zero-order valence-electron chi connectivity index (χ0n) is 14.1. The first-order valence-corrected chi connectivity index (χ1v) is 8.90. The van der Waals surface area contributed by atoms with E-state index >= 15 is 0 Å². The van der Waals surface area contributed by atoms with E-state index in [9.17, 15) is 14.4 Å². The summed E-state index contributed by atoms with van der Waals surface area (Å²) in [5, 5.41) is 3.23. The van der Waals surface area contributed by atoms with E-state index < -0.39 is 5.97 Å². The van der Waals surface area contributed by atoms with Crippen LogP contribution in [0.25, 0.3) is 0 Å². The van der Waals surface area contributed by atoms with Gasteiger partial charge in [-0.1, -0.05) is 11.6 Å². The SMILES string of the molecule is C[C@@H](NC(=O)COC(=O)c1ccc(Cl)c(N2CCCC2=O)c1)C1CC1. The van der Waals surface area contributed by atoms with E-state index in [1.807, 2.05) is 6.92 Å². The molecule has 1 saturated heterocycles. The molecule has 1 aromatic rings. The van der Waals surface area contributed by atoms with E-state index in [2.05, 4.69) is 5.32 Å². The second-order valence-corrected chi connectivity index (χ2v) is 6.99. The molecule has 0 spiro atoms. The molecule has 1 N–H and O–H groups in total. The van der Waals surface area contributed by atoms with E-state index in [1.165, 1.54) is 6.07 Å². The van der Waals surface area contributed by atoms with Gasteiger partial charge in [0.05, 0.1) is 16.3 Å². The van der Waals surface area contributed by atoms with Gasteiger partial charge in [0, 0.05) is 19.0 Å². The highest BCUT2D eigenvalue weighted by Crippen LogP contribution is 2.32. The molecule has 1 heterocycles. The Balaban J connectivity index is 1.60. The number of carbonyl (C=O) groups excluding carboxylic acids is 3. The third-order valence-electron chi connectivity index (χ3n) is 4.60. The number of carbonyl (C=O) groups is 3. The fraction of sp³-hybridized carbons (Fsp3) is 0.500. The number of hydrogen-bond acceptors (Lipinski definition) is 4. The Kier molecular flexibility index (Phi) is 5.27. The lowest BCUT2D eigenvalue weighted by Crippen LogP contribution is -2.37. The normalized spacial score (nSPS) is 18.2. The summed E-state index contributed by atoms with van der Waals surface area (Å²) >= 11 is 6.16. The van der Waals surface area contributed by atoms with E-state index in [4.69, 9.17) is 16.3 Å². The summed E-state index contributed by atoms with van der Waals surface area (Å²) in [5.74, 6) is -0.396. The highest BCUT2D eigenvalue weighted by Gasteiger charge is 2.29. The van der Waals surface area contributed by atoms with Gasteiger partial charge < -0.3 is 15.0 Å². The molecule has 0 bridgehead atoms. The summed E-state index contributed by atoms with van der Waals surface area (Å²) in [6.07, 6.45) is 3.50. The molecule has 1 atom stereocenters. The first-order chi connectivity index (χ1) is 12.0. The lowest BCUT2D eigenvalue weighted by Gasteiger charge is -2.18. The Labute approximate surface area is 151 Å². The fourth-order valence-electron chi connectivity index (χ4n) is 2.97. The molecule has 0 unspecified atom stereocenters. The summed E-state index contributed by atoms with van der Waals surface area (Å²) in [6, 6.07) is 4.74. The van der Waals surface area contributed by atoms with E-state index in [0.717, 1.165) is 19.3 Å². The first-order valence-electron chi connectivity index (χ1n) is 8.52. The molecule has 0 aromatic heterocycles. The van der Waals surface area contributed by atoms with Crippen molar-refractivity contribution in [2.24, 2.45) is 5.92 Å². The predicted octanol–water partition coefficient (Wildman–Crippen LogP) is 2.54. The fourth-order valence-corrected chi connectivity index (χ4v) is 3.19. The maximum Gasteiger partial charge on any atom is 0.338 e. The molecule has 1 aliphatic heterocycles. The lowest BCUT2D eigenvalue weighted by atomic mass is 10.2. The van der Waals surface area contributed by atoms with Crippen molar-refractivity contribution in [3.05, 3.63) is 28.8 Å². The number of halogens is 1. The van der Waals surface area contributed by atoms with Gasteiger partial charge in [0.2, 0.25) is 5.91 Å². The smallest absolute Gasteiger partial charge is 0.338 e. The maximum absolute atomic E-state index is 12.2. The number of nitrogens with one attached hydrogen (secondary N) is 1. The number of amides is 2. The zero-order valence-corrected chi connectivity index (χ0v) is 14.8. The second kappa shape index (κ2) is 7.44. The van der Waals surface area contributed by atoms with Crippen LogP contribution in [-0.2, 0) is 14.3 Å². The van der Waals surface area contributed by atoms with Gasteiger partial charge in [-0.2, -0.15) is 0 Å². The third-order valence-corrected chi connectivity index (χ3v) is 4.92. The van der Waals surface area contributed by atoms with Gasteiger partial charge in [-0.15, -0.1) is 0 Å². The Bertz CT molecular complexity index is 702. The Morgan fingerprint density at radius 2 is 2.16 bits per heavy atom. The average Bonchev–Trinajstić information content (AvgIpc) is 3.35. The third kappa shape index (κ3) is 4.31. The minimum Gasteiger partial charge on any atom is -0.452 e. The number of hydrogen-bond donors (Lipinski definition) is 1. The molecule has 2 fully saturated rings. The number of anilines is 1. The summed E-state index contributed by atoms with van der Waals surface area (Å²) in [6.45, 7) is 2.21. The molecule has 3 rings (SSSR count). The molecule has 0 radical (unpaired) electrons. The topological polar surface area (TPSA) is 75.7 Å². The quantitative estimate of drug-likeness (QED) is 0.787. The zero-order chi connectivity index (χ0) is 18.0. The summed E-state index contributed by atoms with van der Waals surface area (Å²) in [5.41, 5.74) is 0.771. The van der Waals surface area contributed by atoms with Crippen LogP contribution in [0.5, 0.6) is 0 Å². The van der Waals surface area contributed by atoms with Crippen LogP contribution in [0.3, 0.4) is 0 Å². The summed E-state index contributed by atoms with van der Waals surface area (Å²) in [7, 11) is 0. The number of benzene rings is 1.